The van der Waals surface area contributed by atoms with E-state index in [9.17, 15) is 9.59 Å². The SMILES string of the molecule is O=C(C[C@H](C(=O)O)n1cncn1)c1ccc(Br)cc1. The molecule has 2 aromatic rings. The van der Waals surface area contributed by atoms with Gasteiger partial charge in [-0.2, -0.15) is 5.10 Å². The summed E-state index contributed by atoms with van der Waals surface area (Å²) in [6.45, 7) is 0. The Hall–Kier alpha value is -2.02. The average Bonchev–Trinajstić information content (AvgIpc) is 2.89. The lowest BCUT2D eigenvalue weighted by Gasteiger charge is -2.11. The molecule has 1 atom stereocenters. The van der Waals surface area contributed by atoms with Gasteiger partial charge in [0.05, 0.1) is 0 Å². The van der Waals surface area contributed by atoms with Crippen molar-refractivity contribution in [3.05, 3.63) is 47.0 Å². The zero-order valence-electron chi connectivity index (χ0n) is 9.73. The number of hydrogen-bond acceptors (Lipinski definition) is 4. The first-order chi connectivity index (χ1) is 9.08. The molecule has 0 radical (unpaired) electrons. The number of carbonyl (C=O) groups excluding carboxylic acids is 1. The van der Waals surface area contributed by atoms with Crippen LogP contribution in [0.1, 0.15) is 22.8 Å². The molecule has 98 valence electrons. The number of aromatic nitrogens is 3. The maximum Gasteiger partial charge on any atom is 0.329 e. The third-order valence-electron chi connectivity index (χ3n) is 2.59. The van der Waals surface area contributed by atoms with Gasteiger partial charge in [0.15, 0.2) is 11.8 Å². The first kappa shape index (κ1) is 13.4. The zero-order chi connectivity index (χ0) is 13.8. The van der Waals surface area contributed by atoms with Crippen LogP contribution in [0.3, 0.4) is 0 Å². The second-order valence-corrected chi connectivity index (χ2v) is 4.78. The Morgan fingerprint density at radius 2 is 2.00 bits per heavy atom. The van der Waals surface area contributed by atoms with Gasteiger partial charge >= 0.3 is 5.97 Å². The van der Waals surface area contributed by atoms with Gasteiger partial charge in [-0.1, -0.05) is 28.1 Å². The molecule has 1 aromatic heterocycles. The van der Waals surface area contributed by atoms with E-state index in [4.69, 9.17) is 5.11 Å². The third-order valence-corrected chi connectivity index (χ3v) is 3.11. The van der Waals surface area contributed by atoms with Crippen LogP contribution in [0.4, 0.5) is 0 Å². The van der Waals surface area contributed by atoms with Gasteiger partial charge in [-0.3, -0.25) is 4.79 Å². The minimum Gasteiger partial charge on any atom is -0.480 e. The first-order valence-electron chi connectivity index (χ1n) is 5.43. The van der Waals surface area contributed by atoms with Crippen molar-refractivity contribution in [2.45, 2.75) is 12.5 Å². The highest BCUT2D eigenvalue weighted by Crippen LogP contribution is 2.17. The van der Waals surface area contributed by atoms with Gasteiger partial charge in [-0.25, -0.2) is 14.5 Å². The molecule has 0 unspecified atom stereocenters. The Labute approximate surface area is 117 Å². The molecule has 0 saturated heterocycles. The fraction of sp³-hybridized carbons (Fsp3) is 0.167. The quantitative estimate of drug-likeness (QED) is 0.850. The number of aliphatic carboxylic acids is 1. The number of hydrogen-bond donors (Lipinski definition) is 1. The lowest BCUT2D eigenvalue weighted by Crippen LogP contribution is -2.22. The topological polar surface area (TPSA) is 85.1 Å². The maximum absolute atomic E-state index is 12.0. The van der Waals surface area contributed by atoms with E-state index in [-0.39, 0.29) is 12.2 Å². The van der Waals surface area contributed by atoms with E-state index in [1.165, 1.54) is 17.3 Å². The highest BCUT2D eigenvalue weighted by atomic mass is 79.9. The van der Waals surface area contributed by atoms with Gasteiger partial charge in [0, 0.05) is 16.5 Å². The number of halogens is 1. The highest BCUT2D eigenvalue weighted by molar-refractivity contribution is 9.10. The molecule has 2 rings (SSSR count). The minimum atomic E-state index is -1.11. The molecule has 0 fully saturated rings. The molecule has 19 heavy (non-hydrogen) atoms. The minimum absolute atomic E-state index is 0.166. The third kappa shape index (κ3) is 3.25. The normalized spacial score (nSPS) is 12.1. The molecule has 0 aliphatic rings. The summed E-state index contributed by atoms with van der Waals surface area (Å²) in [5.74, 6) is -1.37. The van der Waals surface area contributed by atoms with E-state index in [2.05, 4.69) is 26.0 Å². The van der Waals surface area contributed by atoms with Crippen molar-refractivity contribution in [3.63, 3.8) is 0 Å². The Kier molecular flexibility index (Phi) is 4.06. The van der Waals surface area contributed by atoms with Crippen molar-refractivity contribution >= 4 is 27.7 Å². The van der Waals surface area contributed by atoms with Crippen LogP contribution in [-0.4, -0.2) is 31.6 Å². The van der Waals surface area contributed by atoms with Crippen LogP contribution in [0.5, 0.6) is 0 Å². The van der Waals surface area contributed by atoms with Crippen LogP contribution in [0.25, 0.3) is 0 Å². The van der Waals surface area contributed by atoms with Crippen molar-refractivity contribution in [1.29, 1.82) is 0 Å². The van der Waals surface area contributed by atoms with Crippen molar-refractivity contribution < 1.29 is 14.7 Å². The van der Waals surface area contributed by atoms with Gasteiger partial charge in [-0.05, 0) is 12.1 Å². The van der Waals surface area contributed by atoms with E-state index in [1.807, 2.05) is 0 Å². The first-order valence-corrected chi connectivity index (χ1v) is 6.23. The molecule has 7 heteroatoms. The fourth-order valence-corrected chi connectivity index (χ4v) is 1.87. The van der Waals surface area contributed by atoms with Gasteiger partial charge < -0.3 is 5.11 Å². The van der Waals surface area contributed by atoms with Gasteiger partial charge in [-0.15, -0.1) is 0 Å². The summed E-state index contributed by atoms with van der Waals surface area (Å²) in [6.07, 6.45) is 2.36. The number of carbonyl (C=O) groups is 2. The van der Waals surface area contributed by atoms with Gasteiger partial charge in [0.25, 0.3) is 0 Å². The number of carboxylic acid groups (broad SMARTS) is 1. The summed E-state index contributed by atoms with van der Waals surface area (Å²) in [4.78, 5) is 26.9. The molecule has 0 spiro atoms. The Balaban J connectivity index is 2.16. The lowest BCUT2D eigenvalue weighted by atomic mass is 10.0. The number of Topliss-reactive ketones (excluding diaryl/α,β-unsaturated/α-hetero) is 1. The number of carboxylic acids is 1. The molecule has 0 bridgehead atoms. The average molecular weight is 324 g/mol. The summed E-state index contributed by atoms with van der Waals surface area (Å²) in [5.41, 5.74) is 0.467. The summed E-state index contributed by atoms with van der Waals surface area (Å²) < 4.78 is 2.02. The molecular weight excluding hydrogens is 314 g/mol. The number of benzene rings is 1. The van der Waals surface area contributed by atoms with Crippen LogP contribution in [0.2, 0.25) is 0 Å². The standard InChI is InChI=1S/C12H10BrN3O3/c13-9-3-1-8(2-4-9)11(17)5-10(12(18)19)16-7-14-6-15-16/h1-4,6-7,10H,5H2,(H,18,19)/t10-/m1/s1. The van der Waals surface area contributed by atoms with E-state index in [1.54, 1.807) is 24.3 Å². The van der Waals surface area contributed by atoms with Crippen molar-refractivity contribution in [2.24, 2.45) is 0 Å². The summed E-state index contributed by atoms with van der Waals surface area (Å²) in [6, 6.07) is 5.72. The van der Waals surface area contributed by atoms with E-state index in [0.29, 0.717) is 5.56 Å². The zero-order valence-corrected chi connectivity index (χ0v) is 11.3. The molecule has 0 aliphatic carbocycles. The second-order valence-electron chi connectivity index (χ2n) is 3.86. The maximum atomic E-state index is 12.0. The van der Waals surface area contributed by atoms with Crippen LogP contribution < -0.4 is 0 Å². The molecule has 1 aromatic carbocycles. The largest absolute Gasteiger partial charge is 0.480 e. The van der Waals surface area contributed by atoms with E-state index in [0.717, 1.165) is 4.47 Å². The smallest absolute Gasteiger partial charge is 0.329 e. The van der Waals surface area contributed by atoms with Crippen molar-refractivity contribution in [3.8, 4) is 0 Å². The lowest BCUT2D eigenvalue weighted by molar-refractivity contribution is -0.141. The summed E-state index contributed by atoms with van der Waals surface area (Å²) in [5, 5.41) is 12.9. The summed E-state index contributed by atoms with van der Waals surface area (Å²) in [7, 11) is 0. The van der Waals surface area contributed by atoms with Gasteiger partial charge in [0.2, 0.25) is 0 Å². The van der Waals surface area contributed by atoms with Crippen LogP contribution in [0.15, 0.2) is 41.4 Å². The molecular formula is C12H10BrN3O3. The fourth-order valence-electron chi connectivity index (χ4n) is 1.60. The predicted octanol–water partition coefficient (Wildman–Crippen LogP) is 1.94. The molecule has 0 aliphatic heterocycles. The molecule has 1 heterocycles. The van der Waals surface area contributed by atoms with E-state index >= 15 is 0 Å². The summed E-state index contributed by atoms with van der Waals surface area (Å²) >= 11 is 3.27. The molecule has 1 N–H and O–H groups in total. The van der Waals surface area contributed by atoms with Crippen molar-refractivity contribution in [1.82, 2.24) is 14.8 Å². The second kappa shape index (κ2) is 5.75. The number of rotatable bonds is 5. The van der Waals surface area contributed by atoms with Crippen molar-refractivity contribution in [2.75, 3.05) is 0 Å². The van der Waals surface area contributed by atoms with Crippen LogP contribution >= 0.6 is 15.9 Å². The Morgan fingerprint density at radius 3 is 2.53 bits per heavy atom. The molecule has 6 nitrogen and oxygen atoms in total. The Bertz CT molecular complexity index is 581. The monoisotopic (exact) mass is 323 g/mol. The molecule has 0 amide bonds. The number of nitrogens with zero attached hydrogens (tertiary/aromatic N) is 3. The van der Waals surface area contributed by atoms with Gasteiger partial charge in [0.1, 0.15) is 12.7 Å². The van der Waals surface area contributed by atoms with Crippen LogP contribution in [0, 0.1) is 0 Å². The highest BCUT2D eigenvalue weighted by Gasteiger charge is 2.24. The predicted molar refractivity (Wildman–Crippen MR) is 69.8 cm³/mol. The molecule has 0 saturated carbocycles. The Morgan fingerprint density at radius 1 is 1.32 bits per heavy atom. The number of ketones is 1. The van der Waals surface area contributed by atoms with E-state index < -0.39 is 12.0 Å². The van der Waals surface area contributed by atoms with Crippen LogP contribution in [-0.2, 0) is 4.79 Å².